The number of nitrogens with zero attached hydrogens (tertiary/aromatic N) is 1. The largest absolute Gasteiger partial charge is 0.449 e. The minimum absolute atomic E-state index is 0.0900. The molecule has 2 aromatic carbocycles. The first kappa shape index (κ1) is 33.1. The normalized spacial score (nSPS) is 23.2. The zero-order valence-corrected chi connectivity index (χ0v) is 27.1. The molecule has 2 fully saturated rings. The summed E-state index contributed by atoms with van der Waals surface area (Å²) in [5, 5.41) is 2.92. The van der Waals surface area contributed by atoms with Gasteiger partial charge in [-0.15, -0.1) is 0 Å². The predicted molar refractivity (Wildman–Crippen MR) is 170 cm³/mol. The lowest BCUT2D eigenvalue weighted by molar-refractivity contribution is -0.216. The number of hydrogen-bond acceptors (Lipinski definition) is 10. The van der Waals surface area contributed by atoms with Crippen LogP contribution in [0, 0.1) is 6.92 Å². The van der Waals surface area contributed by atoms with Crippen molar-refractivity contribution >= 4 is 16.2 Å². The SMILES string of the molecule is Cc1cn([C@H]2C[C@H](NC(=O)OCC3c4ccccc4-c4ccccc43)[C@@H]([C@H](CCOS(C)(=O)=O)OC3CCCCO3)O2)c(=O)[nH]c1=O. The standard InChI is InChI=1S/C33H39N3O10S/c1-20-18-36(32(38)35-31(20)37)28-17-26(30(46-28)27(14-16-44-47(2,40)41)45-29-13-7-8-15-42-29)34-33(39)43-19-25-23-11-5-3-9-21(23)22-10-4-6-12-24(22)25/h3-6,9-12,18,25-30H,7-8,13-17,19H2,1-2H3,(H,34,39)(H,35,37,38)/t26-,27-,28+,29?,30-/m0/s1. The van der Waals surface area contributed by atoms with Gasteiger partial charge in [-0.25, -0.2) is 9.59 Å². The third-order valence-corrected chi connectivity index (χ3v) is 9.39. The highest BCUT2D eigenvalue weighted by atomic mass is 32.2. The average Bonchev–Trinajstić information content (AvgIpc) is 3.60. The summed E-state index contributed by atoms with van der Waals surface area (Å²) < 4.78 is 54.1. The van der Waals surface area contributed by atoms with Gasteiger partial charge in [0.1, 0.15) is 18.9 Å². The second-order valence-electron chi connectivity index (χ2n) is 12.1. The van der Waals surface area contributed by atoms with E-state index in [-0.39, 0.29) is 32.0 Å². The molecule has 1 aromatic heterocycles. The Kier molecular flexibility index (Phi) is 9.94. The molecule has 13 nitrogen and oxygen atoms in total. The summed E-state index contributed by atoms with van der Waals surface area (Å²) in [6, 6.07) is 15.3. The van der Waals surface area contributed by atoms with Crippen molar-refractivity contribution < 1.29 is 36.3 Å². The Morgan fingerprint density at radius 2 is 1.79 bits per heavy atom. The molecule has 0 spiro atoms. The van der Waals surface area contributed by atoms with E-state index in [1.165, 1.54) is 10.8 Å². The van der Waals surface area contributed by atoms with Crippen molar-refractivity contribution in [1.29, 1.82) is 0 Å². The van der Waals surface area contributed by atoms with E-state index in [4.69, 9.17) is 23.1 Å². The zero-order valence-electron chi connectivity index (χ0n) is 26.3. The summed E-state index contributed by atoms with van der Waals surface area (Å²) in [6.07, 6.45) is 1.23. The smallest absolute Gasteiger partial charge is 0.407 e. The molecule has 1 aliphatic carbocycles. The van der Waals surface area contributed by atoms with Crippen LogP contribution in [0.4, 0.5) is 4.79 Å². The van der Waals surface area contributed by atoms with Crippen molar-refractivity contribution in [2.75, 3.05) is 26.1 Å². The summed E-state index contributed by atoms with van der Waals surface area (Å²) in [5.74, 6) is -0.146. The van der Waals surface area contributed by atoms with E-state index in [0.717, 1.165) is 41.4 Å². The Hall–Kier alpha value is -3.82. The zero-order chi connectivity index (χ0) is 33.1. The minimum atomic E-state index is -3.73. The number of aromatic amines is 1. The lowest BCUT2D eigenvalue weighted by Gasteiger charge is -2.33. The third-order valence-electron chi connectivity index (χ3n) is 8.80. The molecule has 2 N–H and O–H groups in total. The molecule has 252 valence electrons. The Balaban J connectivity index is 1.23. The number of H-pyrrole nitrogens is 1. The molecule has 1 amide bonds. The molecule has 5 atom stereocenters. The maximum atomic E-state index is 13.4. The van der Waals surface area contributed by atoms with Crippen LogP contribution in [-0.4, -0.2) is 74.7 Å². The van der Waals surface area contributed by atoms with E-state index < -0.39 is 58.2 Å². The number of aromatic nitrogens is 2. The molecule has 1 unspecified atom stereocenters. The van der Waals surface area contributed by atoms with Crippen LogP contribution in [0.25, 0.3) is 11.1 Å². The number of amides is 1. The molecule has 0 bridgehead atoms. The van der Waals surface area contributed by atoms with Gasteiger partial charge in [0, 0.05) is 37.1 Å². The van der Waals surface area contributed by atoms with Crippen molar-refractivity contribution in [2.45, 2.75) is 75.7 Å². The lowest BCUT2D eigenvalue weighted by Crippen LogP contribution is -2.48. The van der Waals surface area contributed by atoms with Gasteiger partial charge in [0.2, 0.25) is 0 Å². The van der Waals surface area contributed by atoms with Gasteiger partial charge in [0.05, 0.1) is 25.0 Å². The fourth-order valence-electron chi connectivity index (χ4n) is 6.58. The highest BCUT2D eigenvalue weighted by Crippen LogP contribution is 2.44. The van der Waals surface area contributed by atoms with Gasteiger partial charge in [-0.1, -0.05) is 48.5 Å². The van der Waals surface area contributed by atoms with Gasteiger partial charge in [0.15, 0.2) is 6.29 Å². The molecular weight excluding hydrogens is 630 g/mol. The van der Waals surface area contributed by atoms with E-state index in [2.05, 4.69) is 22.4 Å². The van der Waals surface area contributed by atoms with Gasteiger partial charge in [-0.2, -0.15) is 8.42 Å². The third kappa shape index (κ3) is 7.68. The van der Waals surface area contributed by atoms with Crippen LogP contribution in [0.1, 0.15) is 60.9 Å². The van der Waals surface area contributed by atoms with E-state index in [1.807, 2.05) is 36.4 Å². The van der Waals surface area contributed by atoms with E-state index in [1.54, 1.807) is 6.92 Å². The number of hydrogen-bond donors (Lipinski definition) is 2. The fraction of sp³-hybridized carbons (Fsp3) is 0.485. The summed E-state index contributed by atoms with van der Waals surface area (Å²) >= 11 is 0. The second-order valence-corrected chi connectivity index (χ2v) is 13.8. The van der Waals surface area contributed by atoms with Gasteiger partial charge in [-0.05, 0) is 48.4 Å². The van der Waals surface area contributed by atoms with Gasteiger partial charge in [0.25, 0.3) is 15.7 Å². The van der Waals surface area contributed by atoms with E-state index in [0.29, 0.717) is 18.6 Å². The second kappa shape index (κ2) is 14.1. The van der Waals surface area contributed by atoms with Gasteiger partial charge < -0.3 is 24.3 Å². The van der Waals surface area contributed by atoms with Crippen LogP contribution in [0.15, 0.2) is 64.3 Å². The number of aryl methyl sites for hydroxylation is 1. The van der Waals surface area contributed by atoms with Gasteiger partial charge >= 0.3 is 11.8 Å². The lowest BCUT2D eigenvalue weighted by atomic mass is 9.98. The average molecular weight is 670 g/mol. The first-order chi connectivity index (χ1) is 22.6. The monoisotopic (exact) mass is 669 g/mol. The quantitative estimate of drug-likeness (QED) is 0.290. The number of benzene rings is 2. The first-order valence-electron chi connectivity index (χ1n) is 15.8. The Morgan fingerprint density at radius 3 is 2.45 bits per heavy atom. The summed E-state index contributed by atoms with van der Waals surface area (Å²) in [5.41, 5.74) is 3.48. The molecular formula is C33H39N3O10S. The van der Waals surface area contributed by atoms with E-state index >= 15 is 0 Å². The number of rotatable bonds is 11. The van der Waals surface area contributed by atoms with Crippen LogP contribution >= 0.6 is 0 Å². The molecule has 2 saturated heterocycles. The van der Waals surface area contributed by atoms with Crippen LogP contribution < -0.4 is 16.6 Å². The number of ether oxygens (including phenoxy) is 4. The summed E-state index contributed by atoms with van der Waals surface area (Å²) in [7, 11) is -3.73. The molecule has 47 heavy (non-hydrogen) atoms. The molecule has 3 aromatic rings. The Labute approximate surface area is 272 Å². The maximum absolute atomic E-state index is 13.4. The number of fused-ring (bicyclic) bond motifs is 3. The number of nitrogens with one attached hydrogen (secondary N) is 2. The summed E-state index contributed by atoms with van der Waals surface area (Å²) in [6.45, 7) is 1.98. The highest BCUT2D eigenvalue weighted by Gasteiger charge is 2.44. The van der Waals surface area contributed by atoms with Crippen molar-refractivity contribution in [1.82, 2.24) is 14.9 Å². The van der Waals surface area contributed by atoms with Crippen molar-refractivity contribution in [3.63, 3.8) is 0 Å². The maximum Gasteiger partial charge on any atom is 0.407 e. The summed E-state index contributed by atoms with van der Waals surface area (Å²) in [4.78, 5) is 40.6. The molecule has 2 aliphatic heterocycles. The topological polar surface area (TPSA) is 164 Å². The number of carbonyl (C=O) groups is 1. The molecule has 3 aliphatic rings. The first-order valence-corrected chi connectivity index (χ1v) is 17.6. The molecule has 0 saturated carbocycles. The Bertz CT molecular complexity index is 1770. The van der Waals surface area contributed by atoms with Gasteiger partial charge in [-0.3, -0.25) is 18.5 Å². The highest BCUT2D eigenvalue weighted by molar-refractivity contribution is 7.85. The number of carbonyl (C=O) groups excluding carboxylic acids is 1. The minimum Gasteiger partial charge on any atom is -0.449 e. The van der Waals surface area contributed by atoms with Crippen molar-refractivity contribution in [3.05, 3.63) is 92.3 Å². The Morgan fingerprint density at radius 1 is 1.09 bits per heavy atom. The number of alkyl carbamates (subject to hydrolysis) is 1. The van der Waals surface area contributed by atoms with Crippen LogP contribution in [0.5, 0.6) is 0 Å². The predicted octanol–water partition coefficient (Wildman–Crippen LogP) is 3.32. The molecule has 14 heteroatoms. The van der Waals surface area contributed by atoms with Crippen LogP contribution in [0.3, 0.4) is 0 Å². The molecule has 6 rings (SSSR count). The van der Waals surface area contributed by atoms with Crippen molar-refractivity contribution in [2.24, 2.45) is 0 Å². The van der Waals surface area contributed by atoms with Crippen LogP contribution in [0.2, 0.25) is 0 Å². The van der Waals surface area contributed by atoms with Crippen LogP contribution in [-0.2, 0) is 33.2 Å². The molecule has 3 heterocycles. The fourth-order valence-corrected chi connectivity index (χ4v) is 6.98. The van der Waals surface area contributed by atoms with Crippen molar-refractivity contribution in [3.8, 4) is 11.1 Å². The van der Waals surface area contributed by atoms with E-state index in [9.17, 15) is 22.8 Å². The molecule has 0 radical (unpaired) electrons.